The van der Waals surface area contributed by atoms with E-state index in [4.69, 9.17) is 10.5 Å². The summed E-state index contributed by atoms with van der Waals surface area (Å²) in [5, 5.41) is 0. The summed E-state index contributed by atoms with van der Waals surface area (Å²) in [4.78, 5) is 2.56. The number of benzene rings is 1. The van der Waals surface area contributed by atoms with Crippen LogP contribution in [0.5, 0.6) is 5.75 Å². The molecule has 1 aromatic carbocycles. The van der Waals surface area contributed by atoms with Crippen molar-refractivity contribution in [3.05, 3.63) is 29.8 Å². The zero-order valence-corrected chi connectivity index (χ0v) is 12.8. The lowest BCUT2D eigenvalue weighted by Crippen LogP contribution is -2.34. The van der Waals surface area contributed by atoms with Crippen molar-refractivity contribution in [2.24, 2.45) is 11.7 Å². The average Bonchev–Trinajstić information content (AvgIpc) is 2.74. The molecule has 0 spiro atoms. The molecule has 1 fully saturated rings. The molecule has 20 heavy (non-hydrogen) atoms. The highest BCUT2D eigenvalue weighted by atomic mass is 16.5. The molecule has 1 saturated heterocycles. The van der Waals surface area contributed by atoms with Crippen molar-refractivity contribution >= 4 is 0 Å². The van der Waals surface area contributed by atoms with E-state index in [9.17, 15) is 0 Å². The fourth-order valence-corrected chi connectivity index (χ4v) is 3.25. The molecule has 1 aliphatic rings. The number of nitrogens with zero attached hydrogens (tertiary/aromatic N) is 1. The lowest BCUT2D eigenvalue weighted by molar-refractivity contribution is 0.206. The van der Waals surface area contributed by atoms with Crippen LogP contribution in [-0.2, 0) is 0 Å². The van der Waals surface area contributed by atoms with Crippen molar-refractivity contribution in [3.63, 3.8) is 0 Å². The Bertz CT molecular complexity index is 408. The maximum atomic E-state index is 6.06. The van der Waals surface area contributed by atoms with Crippen LogP contribution >= 0.6 is 0 Å². The van der Waals surface area contributed by atoms with Gasteiger partial charge in [0.2, 0.25) is 0 Å². The fraction of sp³-hybridized carbons (Fsp3) is 0.647. The standard InChI is InChI=1S/C17H28N2O/c1-3-14-6-5-10-19(11-9-14)17(13-18)15-7-4-8-16(12-15)20-2/h4,7-8,12,14,17H,3,5-6,9-11,13,18H2,1-2H3. The van der Waals surface area contributed by atoms with Crippen molar-refractivity contribution in [1.29, 1.82) is 0 Å². The Balaban J connectivity index is 2.10. The Labute approximate surface area is 123 Å². The van der Waals surface area contributed by atoms with E-state index in [1.165, 1.54) is 31.2 Å². The molecule has 0 amide bonds. The molecule has 0 bridgehead atoms. The van der Waals surface area contributed by atoms with E-state index >= 15 is 0 Å². The van der Waals surface area contributed by atoms with Gasteiger partial charge in [-0.05, 0) is 56.0 Å². The highest BCUT2D eigenvalue weighted by Gasteiger charge is 2.23. The van der Waals surface area contributed by atoms with Crippen LogP contribution in [0.15, 0.2) is 24.3 Å². The Kier molecular flexibility index (Phi) is 5.86. The van der Waals surface area contributed by atoms with Crippen molar-refractivity contribution in [2.45, 2.75) is 38.6 Å². The van der Waals surface area contributed by atoms with Crippen LogP contribution in [0.4, 0.5) is 0 Å². The molecule has 3 heteroatoms. The molecule has 2 atom stereocenters. The first-order valence-corrected chi connectivity index (χ1v) is 7.86. The topological polar surface area (TPSA) is 38.5 Å². The normalized spacial score (nSPS) is 22.2. The fourth-order valence-electron chi connectivity index (χ4n) is 3.25. The third-order valence-electron chi connectivity index (χ3n) is 4.60. The number of methoxy groups -OCH3 is 1. The minimum atomic E-state index is 0.320. The van der Waals surface area contributed by atoms with Crippen molar-refractivity contribution < 1.29 is 4.74 Å². The van der Waals surface area contributed by atoms with Gasteiger partial charge in [0.25, 0.3) is 0 Å². The maximum Gasteiger partial charge on any atom is 0.119 e. The smallest absolute Gasteiger partial charge is 0.119 e. The third kappa shape index (κ3) is 3.74. The summed E-state index contributed by atoms with van der Waals surface area (Å²) in [6.45, 7) is 5.31. The highest BCUT2D eigenvalue weighted by Crippen LogP contribution is 2.28. The second-order valence-electron chi connectivity index (χ2n) is 5.77. The summed E-state index contributed by atoms with van der Waals surface area (Å²) in [6, 6.07) is 8.67. The number of likely N-dealkylation sites (tertiary alicyclic amines) is 1. The van der Waals surface area contributed by atoms with E-state index in [-0.39, 0.29) is 0 Å². The predicted octanol–water partition coefficient (Wildman–Crippen LogP) is 3.21. The molecular formula is C17H28N2O. The molecule has 0 aromatic heterocycles. The summed E-state index contributed by atoms with van der Waals surface area (Å²) >= 11 is 0. The molecule has 1 aliphatic heterocycles. The SMILES string of the molecule is CCC1CCCN(C(CN)c2cccc(OC)c2)CC1. The molecule has 1 aromatic rings. The summed E-state index contributed by atoms with van der Waals surface area (Å²) in [5.41, 5.74) is 7.34. The van der Waals surface area contributed by atoms with Gasteiger partial charge in [-0.15, -0.1) is 0 Å². The van der Waals surface area contributed by atoms with Gasteiger partial charge >= 0.3 is 0 Å². The average molecular weight is 276 g/mol. The lowest BCUT2D eigenvalue weighted by atomic mass is 9.98. The minimum absolute atomic E-state index is 0.320. The lowest BCUT2D eigenvalue weighted by Gasteiger charge is -2.30. The summed E-state index contributed by atoms with van der Waals surface area (Å²) in [6.07, 6.45) is 5.26. The highest BCUT2D eigenvalue weighted by molar-refractivity contribution is 5.30. The van der Waals surface area contributed by atoms with Gasteiger partial charge in [-0.25, -0.2) is 0 Å². The monoisotopic (exact) mass is 276 g/mol. The largest absolute Gasteiger partial charge is 0.497 e. The third-order valence-corrected chi connectivity index (χ3v) is 4.60. The Morgan fingerprint density at radius 1 is 1.35 bits per heavy atom. The number of ether oxygens (including phenoxy) is 1. The Morgan fingerprint density at radius 2 is 2.20 bits per heavy atom. The molecule has 2 unspecified atom stereocenters. The van der Waals surface area contributed by atoms with E-state index in [2.05, 4.69) is 30.0 Å². The summed E-state index contributed by atoms with van der Waals surface area (Å²) < 4.78 is 5.34. The molecule has 2 rings (SSSR count). The van der Waals surface area contributed by atoms with E-state index in [1.807, 2.05) is 6.07 Å². The molecule has 0 radical (unpaired) electrons. The van der Waals surface area contributed by atoms with E-state index in [0.717, 1.165) is 24.8 Å². The van der Waals surface area contributed by atoms with Gasteiger partial charge < -0.3 is 10.5 Å². The first-order chi connectivity index (χ1) is 9.78. The Hall–Kier alpha value is -1.06. The van der Waals surface area contributed by atoms with Crippen molar-refractivity contribution in [1.82, 2.24) is 4.90 Å². The molecule has 1 heterocycles. The van der Waals surface area contributed by atoms with Gasteiger partial charge in [0.05, 0.1) is 7.11 Å². The van der Waals surface area contributed by atoms with Crippen LogP contribution in [0.2, 0.25) is 0 Å². The Morgan fingerprint density at radius 3 is 2.90 bits per heavy atom. The van der Waals surface area contributed by atoms with Crippen LogP contribution in [-0.4, -0.2) is 31.6 Å². The molecule has 112 valence electrons. The second-order valence-corrected chi connectivity index (χ2v) is 5.77. The number of rotatable bonds is 5. The van der Waals surface area contributed by atoms with E-state index in [0.29, 0.717) is 12.6 Å². The summed E-state index contributed by atoms with van der Waals surface area (Å²) in [7, 11) is 1.72. The van der Waals surface area contributed by atoms with Crippen LogP contribution < -0.4 is 10.5 Å². The van der Waals surface area contributed by atoms with Crippen LogP contribution in [0.1, 0.15) is 44.2 Å². The number of hydrogen-bond acceptors (Lipinski definition) is 3. The zero-order valence-electron chi connectivity index (χ0n) is 12.8. The van der Waals surface area contributed by atoms with E-state index in [1.54, 1.807) is 7.11 Å². The predicted molar refractivity (Wildman–Crippen MR) is 84.0 cm³/mol. The molecule has 0 aliphatic carbocycles. The number of hydrogen-bond donors (Lipinski definition) is 1. The zero-order chi connectivity index (χ0) is 14.4. The first kappa shape index (κ1) is 15.3. The molecular weight excluding hydrogens is 248 g/mol. The van der Waals surface area contributed by atoms with Crippen molar-refractivity contribution in [2.75, 3.05) is 26.7 Å². The van der Waals surface area contributed by atoms with Crippen LogP contribution in [0.25, 0.3) is 0 Å². The van der Waals surface area contributed by atoms with Crippen molar-refractivity contribution in [3.8, 4) is 5.75 Å². The minimum Gasteiger partial charge on any atom is -0.497 e. The van der Waals surface area contributed by atoms with Gasteiger partial charge in [-0.1, -0.05) is 25.5 Å². The molecule has 0 saturated carbocycles. The second kappa shape index (κ2) is 7.65. The molecule has 2 N–H and O–H groups in total. The van der Waals surface area contributed by atoms with Gasteiger partial charge in [-0.3, -0.25) is 4.90 Å². The first-order valence-electron chi connectivity index (χ1n) is 7.86. The van der Waals surface area contributed by atoms with Crippen LogP contribution in [0.3, 0.4) is 0 Å². The van der Waals surface area contributed by atoms with Gasteiger partial charge in [-0.2, -0.15) is 0 Å². The van der Waals surface area contributed by atoms with Crippen LogP contribution in [0, 0.1) is 5.92 Å². The maximum absolute atomic E-state index is 6.06. The quantitative estimate of drug-likeness (QED) is 0.897. The molecule has 3 nitrogen and oxygen atoms in total. The summed E-state index contributed by atoms with van der Waals surface area (Å²) in [5.74, 6) is 1.81. The van der Waals surface area contributed by atoms with Gasteiger partial charge in [0, 0.05) is 12.6 Å². The van der Waals surface area contributed by atoms with Gasteiger partial charge in [0.1, 0.15) is 5.75 Å². The number of nitrogens with two attached hydrogens (primary N) is 1. The van der Waals surface area contributed by atoms with Gasteiger partial charge in [0.15, 0.2) is 0 Å². The van der Waals surface area contributed by atoms with E-state index < -0.39 is 0 Å².